The first-order chi connectivity index (χ1) is 11.6. The van der Waals surface area contributed by atoms with Crippen LogP contribution in [0.25, 0.3) is 0 Å². The highest BCUT2D eigenvalue weighted by molar-refractivity contribution is 5.94. The van der Waals surface area contributed by atoms with Gasteiger partial charge >= 0.3 is 0 Å². The fraction of sp³-hybridized carbons (Fsp3) is 0.333. The Balaban J connectivity index is 1.58. The summed E-state index contributed by atoms with van der Waals surface area (Å²) in [5.74, 6) is 0.622. The quantitative estimate of drug-likeness (QED) is 0.884. The van der Waals surface area contributed by atoms with Crippen molar-refractivity contribution >= 4 is 28.8 Å². The Bertz CT molecular complexity index is 677. The SMILES string of the molecule is CN(C)c1ccc(Nc2ccc(NC(=O)C3CCCO3)cn2)cc1. The van der Waals surface area contributed by atoms with E-state index in [-0.39, 0.29) is 12.0 Å². The minimum Gasteiger partial charge on any atom is -0.378 e. The normalized spacial score (nSPS) is 16.7. The van der Waals surface area contributed by atoms with E-state index < -0.39 is 0 Å². The van der Waals surface area contributed by atoms with Crippen molar-refractivity contribution in [2.45, 2.75) is 18.9 Å². The van der Waals surface area contributed by atoms with Crippen LogP contribution in [0.2, 0.25) is 0 Å². The highest BCUT2D eigenvalue weighted by Crippen LogP contribution is 2.20. The first-order valence-corrected chi connectivity index (χ1v) is 8.05. The minimum atomic E-state index is -0.335. The lowest BCUT2D eigenvalue weighted by molar-refractivity contribution is -0.124. The third kappa shape index (κ3) is 4.02. The molecule has 1 saturated heterocycles. The average Bonchev–Trinajstić information content (AvgIpc) is 3.12. The molecule has 1 unspecified atom stereocenters. The predicted octanol–water partition coefficient (Wildman–Crippen LogP) is 3.01. The molecule has 0 bridgehead atoms. The molecule has 0 radical (unpaired) electrons. The van der Waals surface area contributed by atoms with Gasteiger partial charge in [0.2, 0.25) is 0 Å². The third-order valence-corrected chi connectivity index (χ3v) is 3.91. The molecular formula is C18H22N4O2. The van der Waals surface area contributed by atoms with E-state index in [2.05, 4.69) is 15.6 Å². The van der Waals surface area contributed by atoms with Crippen LogP contribution in [0.15, 0.2) is 42.6 Å². The first kappa shape index (κ1) is 16.3. The van der Waals surface area contributed by atoms with Gasteiger partial charge in [-0.05, 0) is 49.2 Å². The van der Waals surface area contributed by atoms with Crippen LogP contribution in [0.3, 0.4) is 0 Å². The molecule has 3 rings (SSSR count). The summed E-state index contributed by atoms with van der Waals surface area (Å²) in [6, 6.07) is 11.8. The Morgan fingerprint density at radius 1 is 1.17 bits per heavy atom. The molecule has 0 spiro atoms. The predicted molar refractivity (Wildman–Crippen MR) is 95.9 cm³/mol. The van der Waals surface area contributed by atoms with E-state index >= 15 is 0 Å². The summed E-state index contributed by atoms with van der Waals surface area (Å²) in [6.07, 6.45) is 3.02. The average molecular weight is 326 g/mol. The fourth-order valence-electron chi connectivity index (χ4n) is 2.54. The second kappa shape index (κ2) is 7.31. The van der Waals surface area contributed by atoms with E-state index in [9.17, 15) is 4.79 Å². The fourth-order valence-corrected chi connectivity index (χ4v) is 2.54. The van der Waals surface area contributed by atoms with Gasteiger partial charge in [-0.2, -0.15) is 0 Å². The molecule has 1 atom stereocenters. The number of anilines is 4. The third-order valence-electron chi connectivity index (χ3n) is 3.91. The number of amides is 1. The molecule has 1 aliphatic heterocycles. The summed E-state index contributed by atoms with van der Waals surface area (Å²) >= 11 is 0. The number of ether oxygens (including phenoxy) is 1. The van der Waals surface area contributed by atoms with Gasteiger partial charge in [0, 0.05) is 32.1 Å². The van der Waals surface area contributed by atoms with E-state index in [0.29, 0.717) is 12.3 Å². The Kier molecular flexibility index (Phi) is 4.96. The number of carbonyl (C=O) groups is 1. The van der Waals surface area contributed by atoms with Gasteiger partial charge in [0.25, 0.3) is 5.91 Å². The highest BCUT2D eigenvalue weighted by atomic mass is 16.5. The molecule has 1 aromatic carbocycles. The van der Waals surface area contributed by atoms with Crippen molar-refractivity contribution in [2.24, 2.45) is 0 Å². The molecule has 1 aliphatic rings. The monoisotopic (exact) mass is 326 g/mol. The zero-order valence-corrected chi connectivity index (χ0v) is 14.0. The van der Waals surface area contributed by atoms with Crippen molar-refractivity contribution in [1.29, 1.82) is 0 Å². The van der Waals surface area contributed by atoms with Crippen LogP contribution >= 0.6 is 0 Å². The van der Waals surface area contributed by atoms with Gasteiger partial charge < -0.3 is 20.3 Å². The molecule has 0 saturated carbocycles. The number of carbonyl (C=O) groups excluding carboxylic acids is 1. The summed E-state index contributed by atoms with van der Waals surface area (Å²) in [5.41, 5.74) is 2.77. The Labute approximate surface area is 141 Å². The molecule has 2 heterocycles. The van der Waals surface area contributed by atoms with Crippen molar-refractivity contribution in [3.8, 4) is 0 Å². The van der Waals surface area contributed by atoms with Gasteiger partial charge in [0.15, 0.2) is 0 Å². The van der Waals surface area contributed by atoms with Crippen molar-refractivity contribution < 1.29 is 9.53 Å². The summed E-state index contributed by atoms with van der Waals surface area (Å²) in [7, 11) is 4.02. The summed E-state index contributed by atoms with van der Waals surface area (Å²) in [4.78, 5) is 18.4. The number of nitrogens with zero attached hydrogens (tertiary/aromatic N) is 2. The second-order valence-corrected chi connectivity index (χ2v) is 5.99. The van der Waals surface area contributed by atoms with Crippen LogP contribution in [0, 0.1) is 0 Å². The maximum atomic E-state index is 12.0. The molecular weight excluding hydrogens is 304 g/mol. The lowest BCUT2D eigenvalue weighted by Gasteiger charge is -2.13. The molecule has 126 valence electrons. The summed E-state index contributed by atoms with van der Waals surface area (Å²) in [5, 5.41) is 6.07. The van der Waals surface area contributed by atoms with Gasteiger partial charge in [-0.15, -0.1) is 0 Å². The zero-order chi connectivity index (χ0) is 16.9. The van der Waals surface area contributed by atoms with Gasteiger partial charge in [-0.1, -0.05) is 0 Å². The van der Waals surface area contributed by atoms with Crippen LogP contribution in [-0.2, 0) is 9.53 Å². The minimum absolute atomic E-state index is 0.103. The molecule has 1 amide bonds. The number of aromatic nitrogens is 1. The van der Waals surface area contributed by atoms with Crippen LogP contribution in [0.5, 0.6) is 0 Å². The highest BCUT2D eigenvalue weighted by Gasteiger charge is 2.23. The number of nitrogens with one attached hydrogen (secondary N) is 2. The molecule has 2 aromatic rings. The largest absolute Gasteiger partial charge is 0.378 e. The Morgan fingerprint density at radius 2 is 1.92 bits per heavy atom. The number of benzene rings is 1. The Morgan fingerprint density at radius 3 is 2.50 bits per heavy atom. The molecule has 6 nitrogen and oxygen atoms in total. The maximum absolute atomic E-state index is 12.0. The number of pyridine rings is 1. The number of rotatable bonds is 5. The zero-order valence-electron chi connectivity index (χ0n) is 14.0. The van der Waals surface area contributed by atoms with Gasteiger partial charge in [0.1, 0.15) is 11.9 Å². The second-order valence-electron chi connectivity index (χ2n) is 5.99. The number of hydrogen-bond donors (Lipinski definition) is 2. The van der Waals surface area contributed by atoms with Crippen LogP contribution in [-0.4, -0.2) is 37.7 Å². The van der Waals surface area contributed by atoms with E-state index in [1.807, 2.05) is 55.4 Å². The van der Waals surface area contributed by atoms with Crippen molar-refractivity contribution in [3.63, 3.8) is 0 Å². The van der Waals surface area contributed by atoms with E-state index in [1.54, 1.807) is 6.20 Å². The topological polar surface area (TPSA) is 66.5 Å². The van der Waals surface area contributed by atoms with E-state index in [4.69, 9.17) is 4.74 Å². The van der Waals surface area contributed by atoms with Crippen LogP contribution in [0.4, 0.5) is 22.9 Å². The molecule has 6 heteroatoms. The van der Waals surface area contributed by atoms with E-state index in [1.165, 1.54) is 0 Å². The molecule has 1 aromatic heterocycles. The van der Waals surface area contributed by atoms with Gasteiger partial charge in [0.05, 0.1) is 11.9 Å². The smallest absolute Gasteiger partial charge is 0.253 e. The summed E-state index contributed by atoms with van der Waals surface area (Å²) in [6.45, 7) is 0.659. The summed E-state index contributed by atoms with van der Waals surface area (Å²) < 4.78 is 5.37. The van der Waals surface area contributed by atoms with E-state index in [0.717, 1.165) is 30.0 Å². The van der Waals surface area contributed by atoms with Crippen LogP contribution < -0.4 is 15.5 Å². The molecule has 0 aliphatic carbocycles. The standard InChI is InChI=1S/C18H22N4O2/c1-22(2)15-8-5-13(6-9-15)20-17-10-7-14(12-19-17)21-18(23)16-4-3-11-24-16/h5-10,12,16H,3-4,11H2,1-2H3,(H,19,20)(H,21,23). The van der Waals surface area contributed by atoms with Crippen molar-refractivity contribution in [3.05, 3.63) is 42.6 Å². The first-order valence-electron chi connectivity index (χ1n) is 8.05. The van der Waals surface area contributed by atoms with Gasteiger partial charge in [-0.25, -0.2) is 4.98 Å². The molecule has 24 heavy (non-hydrogen) atoms. The van der Waals surface area contributed by atoms with Crippen molar-refractivity contribution in [2.75, 3.05) is 36.2 Å². The van der Waals surface area contributed by atoms with Crippen LogP contribution in [0.1, 0.15) is 12.8 Å². The maximum Gasteiger partial charge on any atom is 0.253 e. The van der Waals surface area contributed by atoms with Gasteiger partial charge in [-0.3, -0.25) is 4.79 Å². The number of hydrogen-bond acceptors (Lipinski definition) is 5. The molecule has 2 N–H and O–H groups in total. The molecule has 1 fully saturated rings. The Hall–Kier alpha value is -2.60. The lowest BCUT2D eigenvalue weighted by atomic mass is 10.2. The van der Waals surface area contributed by atoms with Crippen molar-refractivity contribution in [1.82, 2.24) is 4.98 Å². The lowest BCUT2D eigenvalue weighted by Crippen LogP contribution is -2.26.